The fraction of sp³-hybridized carbons (Fsp3) is 0. The van der Waals surface area contributed by atoms with Gasteiger partial charge in [0.2, 0.25) is 0 Å². The van der Waals surface area contributed by atoms with Crippen LogP contribution in [0, 0.1) is 0 Å². The van der Waals surface area contributed by atoms with Crippen LogP contribution in [0.15, 0.2) is 188 Å². The van der Waals surface area contributed by atoms with Crippen LogP contribution in [0.1, 0.15) is 0 Å². The van der Waals surface area contributed by atoms with Crippen molar-refractivity contribution < 1.29 is 9.47 Å². The van der Waals surface area contributed by atoms with E-state index in [1.54, 1.807) is 0 Å². The fourth-order valence-electron chi connectivity index (χ4n) is 6.75. The minimum absolute atomic E-state index is 0.699. The Balaban J connectivity index is 1.09. The predicted molar refractivity (Wildman–Crippen MR) is 202 cm³/mol. The molecule has 0 atom stereocenters. The fourth-order valence-corrected chi connectivity index (χ4v) is 6.75. The highest BCUT2D eigenvalue weighted by molar-refractivity contribution is 5.95. The maximum Gasteiger partial charge on any atom is 0.177 e. The minimum Gasteiger partial charge on any atom is -0.453 e. The summed E-state index contributed by atoms with van der Waals surface area (Å²) in [4.78, 5) is 2.31. The molecule has 0 amide bonds. The number of benzene rings is 8. The van der Waals surface area contributed by atoms with E-state index in [0.29, 0.717) is 11.5 Å². The predicted octanol–water partition coefficient (Wildman–Crippen LogP) is 13.2. The van der Waals surface area contributed by atoms with Crippen molar-refractivity contribution in [2.45, 2.75) is 0 Å². The zero-order valence-electron chi connectivity index (χ0n) is 26.7. The average molecular weight is 630 g/mol. The molecule has 49 heavy (non-hydrogen) atoms. The van der Waals surface area contributed by atoms with E-state index in [9.17, 15) is 0 Å². The highest BCUT2D eigenvalue weighted by atomic mass is 16.5. The summed E-state index contributed by atoms with van der Waals surface area (Å²) in [6, 6.07) is 65.5. The Bertz CT molecular complexity index is 2430. The summed E-state index contributed by atoms with van der Waals surface area (Å²) in [6.45, 7) is 0. The lowest BCUT2D eigenvalue weighted by Crippen LogP contribution is -2.09. The van der Waals surface area contributed by atoms with Crippen molar-refractivity contribution in [1.82, 2.24) is 0 Å². The molecule has 9 rings (SSSR count). The van der Waals surface area contributed by atoms with Gasteiger partial charge in [-0.1, -0.05) is 127 Å². The highest BCUT2D eigenvalue weighted by Gasteiger charge is 2.22. The minimum atomic E-state index is 0.699. The van der Waals surface area contributed by atoms with Gasteiger partial charge in [0.1, 0.15) is 11.5 Å². The molecule has 0 bridgehead atoms. The van der Waals surface area contributed by atoms with Gasteiger partial charge in [0, 0.05) is 22.6 Å². The SMILES string of the molecule is c1ccc(-c2ccc(N(c3ccccc3)c3cccc(-c4cccc(-c5cccc6c5Oc5cccc7cccc(c57)O6)c4)c3)cc2)cc1. The summed E-state index contributed by atoms with van der Waals surface area (Å²) in [7, 11) is 0. The third-order valence-electron chi connectivity index (χ3n) is 9.10. The van der Waals surface area contributed by atoms with E-state index in [-0.39, 0.29) is 0 Å². The van der Waals surface area contributed by atoms with Crippen molar-refractivity contribution in [3.05, 3.63) is 188 Å². The Morgan fingerprint density at radius 2 is 0.857 bits per heavy atom. The summed E-state index contributed by atoms with van der Waals surface area (Å²) >= 11 is 0. The Morgan fingerprint density at radius 1 is 0.327 bits per heavy atom. The normalized spacial score (nSPS) is 11.6. The molecule has 0 spiro atoms. The second kappa shape index (κ2) is 12.2. The number of fused-ring (bicyclic) bond motifs is 1. The van der Waals surface area contributed by atoms with Gasteiger partial charge in [0.15, 0.2) is 11.5 Å². The number of ether oxygens (including phenoxy) is 2. The van der Waals surface area contributed by atoms with Crippen molar-refractivity contribution in [1.29, 1.82) is 0 Å². The van der Waals surface area contributed by atoms with E-state index < -0.39 is 0 Å². The first-order chi connectivity index (χ1) is 24.3. The Labute approximate surface area is 285 Å². The maximum atomic E-state index is 6.66. The van der Waals surface area contributed by atoms with Gasteiger partial charge in [-0.05, 0) is 93.9 Å². The molecule has 1 aliphatic rings. The topological polar surface area (TPSA) is 21.7 Å². The summed E-state index contributed by atoms with van der Waals surface area (Å²) in [5.74, 6) is 3.00. The molecule has 3 heteroatoms. The summed E-state index contributed by atoms with van der Waals surface area (Å²) in [6.07, 6.45) is 0. The van der Waals surface area contributed by atoms with Gasteiger partial charge in [-0.2, -0.15) is 0 Å². The second-order valence-electron chi connectivity index (χ2n) is 12.2. The van der Waals surface area contributed by atoms with Crippen LogP contribution in [0.25, 0.3) is 44.2 Å². The van der Waals surface area contributed by atoms with Crippen molar-refractivity contribution in [3.63, 3.8) is 0 Å². The van der Waals surface area contributed by atoms with E-state index >= 15 is 0 Å². The lowest BCUT2D eigenvalue weighted by molar-refractivity contribution is 0.440. The van der Waals surface area contributed by atoms with Crippen LogP contribution in [0.4, 0.5) is 17.1 Å². The summed E-state index contributed by atoms with van der Waals surface area (Å²) in [5.41, 5.74) is 9.94. The first-order valence-electron chi connectivity index (χ1n) is 16.5. The molecule has 0 saturated carbocycles. The molecule has 0 aromatic heterocycles. The summed E-state index contributed by atoms with van der Waals surface area (Å²) in [5, 5.41) is 2.07. The van der Waals surface area contributed by atoms with Crippen molar-refractivity contribution >= 4 is 27.8 Å². The molecule has 0 unspecified atom stereocenters. The lowest BCUT2D eigenvalue weighted by Gasteiger charge is -2.26. The average Bonchev–Trinajstić information content (AvgIpc) is 3.34. The number of nitrogens with zero attached hydrogens (tertiary/aromatic N) is 1. The van der Waals surface area contributed by atoms with E-state index in [1.165, 1.54) is 11.1 Å². The van der Waals surface area contributed by atoms with Gasteiger partial charge in [-0.25, -0.2) is 0 Å². The Morgan fingerprint density at radius 3 is 1.63 bits per heavy atom. The molecule has 0 saturated heterocycles. The van der Waals surface area contributed by atoms with Crippen LogP contribution < -0.4 is 14.4 Å². The first kappa shape index (κ1) is 28.6. The van der Waals surface area contributed by atoms with Crippen molar-refractivity contribution in [3.8, 4) is 56.4 Å². The zero-order chi connectivity index (χ0) is 32.6. The number of para-hydroxylation sites is 2. The van der Waals surface area contributed by atoms with Gasteiger partial charge in [0.05, 0.1) is 5.39 Å². The zero-order valence-corrected chi connectivity index (χ0v) is 26.7. The third-order valence-corrected chi connectivity index (χ3v) is 9.10. The Hall–Kier alpha value is -6.58. The summed E-state index contributed by atoms with van der Waals surface area (Å²) < 4.78 is 13.1. The quantitative estimate of drug-likeness (QED) is 0.183. The van der Waals surface area contributed by atoms with E-state index in [1.807, 2.05) is 42.5 Å². The molecule has 8 aromatic carbocycles. The van der Waals surface area contributed by atoms with Crippen LogP contribution in [0.2, 0.25) is 0 Å². The monoisotopic (exact) mass is 629 g/mol. The van der Waals surface area contributed by atoms with Crippen LogP contribution in [0.3, 0.4) is 0 Å². The van der Waals surface area contributed by atoms with Crippen LogP contribution in [-0.2, 0) is 0 Å². The molecule has 1 heterocycles. The van der Waals surface area contributed by atoms with Crippen molar-refractivity contribution in [2.24, 2.45) is 0 Å². The van der Waals surface area contributed by atoms with Gasteiger partial charge in [0.25, 0.3) is 0 Å². The Kier molecular flexibility index (Phi) is 7.14. The van der Waals surface area contributed by atoms with E-state index in [2.05, 4.69) is 150 Å². The molecule has 0 aliphatic carbocycles. The number of anilines is 3. The molecule has 3 nitrogen and oxygen atoms in total. The van der Waals surface area contributed by atoms with Crippen LogP contribution >= 0.6 is 0 Å². The maximum absolute atomic E-state index is 6.66. The molecule has 0 radical (unpaired) electrons. The highest BCUT2D eigenvalue weighted by Crippen LogP contribution is 2.49. The number of hydrogen-bond acceptors (Lipinski definition) is 3. The van der Waals surface area contributed by atoms with Gasteiger partial charge in [-0.3, -0.25) is 0 Å². The van der Waals surface area contributed by atoms with Gasteiger partial charge >= 0.3 is 0 Å². The van der Waals surface area contributed by atoms with E-state index in [4.69, 9.17) is 9.47 Å². The van der Waals surface area contributed by atoms with Crippen LogP contribution in [-0.4, -0.2) is 0 Å². The molecular weight excluding hydrogens is 599 g/mol. The number of rotatable bonds is 6. The van der Waals surface area contributed by atoms with Crippen LogP contribution in [0.5, 0.6) is 23.0 Å². The second-order valence-corrected chi connectivity index (χ2v) is 12.2. The molecule has 8 aromatic rings. The largest absolute Gasteiger partial charge is 0.453 e. The molecular formula is C46H31NO2. The van der Waals surface area contributed by atoms with Crippen molar-refractivity contribution in [2.75, 3.05) is 4.90 Å². The third kappa shape index (κ3) is 5.38. The lowest BCUT2D eigenvalue weighted by atomic mass is 9.97. The van der Waals surface area contributed by atoms with Gasteiger partial charge in [-0.15, -0.1) is 0 Å². The smallest absolute Gasteiger partial charge is 0.177 e. The number of hydrogen-bond donors (Lipinski definition) is 0. The molecule has 1 aliphatic heterocycles. The molecule has 0 N–H and O–H groups in total. The molecule has 0 fully saturated rings. The van der Waals surface area contributed by atoms with E-state index in [0.717, 1.165) is 61.6 Å². The standard InChI is InChI=1S/C46H31NO2/c1-3-12-32(13-4-1)33-26-28-39(29-27-33)47(38-19-5-2-6-20-38)40-21-8-17-36(31-40)35-16-7-18-37(30-35)41-22-11-25-44-46(41)49-43-24-10-15-34-14-9-23-42(48-44)45(34)43/h1-31H. The van der Waals surface area contributed by atoms with Gasteiger partial charge < -0.3 is 14.4 Å². The first-order valence-corrected chi connectivity index (χ1v) is 16.5. The molecule has 232 valence electrons.